The van der Waals surface area contributed by atoms with Crippen LogP contribution in [0.2, 0.25) is 0 Å². The molecule has 13 heteroatoms. The lowest BCUT2D eigenvalue weighted by Crippen LogP contribution is -2.46. The van der Waals surface area contributed by atoms with Crippen LogP contribution in [0.15, 0.2) is 47.8 Å². The molecule has 1 aromatic carbocycles. The molecule has 2 amide bonds. The molecule has 0 radical (unpaired) electrons. The summed E-state index contributed by atoms with van der Waals surface area (Å²) in [4.78, 5) is 33.1. The van der Waals surface area contributed by atoms with Gasteiger partial charge in [0.25, 0.3) is 0 Å². The Bertz CT molecular complexity index is 1680. The van der Waals surface area contributed by atoms with Crippen molar-refractivity contribution in [2.75, 3.05) is 44.1 Å². The Kier molecular flexibility index (Phi) is 7.43. The van der Waals surface area contributed by atoms with Crippen molar-refractivity contribution in [1.29, 1.82) is 0 Å². The van der Waals surface area contributed by atoms with E-state index in [1.807, 2.05) is 13.0 Å². The minimum Gasteiger partial charge on any atom is -0.357 e. The van der Waals surface area contributed by atoms with Gasteiger partial charge in [0.05, 0.1) is 16.9 Å². The molecule has 0 unspecified atom stereocenters. The maximum atomic E-state index is 14.9. The van der Waals surface area contributed by atoms with Gasteiger partial charge in [-0.2, -0.15) is 0 Å². The minimum atomic E-state index is -3.75. The third-order valence-electron chi connectivity index (χ3n) is 7.22. The predicted octanol–water partition coefficient (Wildman–Crippen LogP) is 4.17. The molecule has 1 saturated heterocycles. The van der Waals surface area contributed by atoms with Crippen LogP contribution in [-0.4, -0.2) is 83.7 Å². The Balaban J connectivity index is 1.42. The van der Waals surface area contributed by atoms with Crippen molar-refractivity contribution in [2.24, 2.45) is 0 Å². The first kappa shape index (κ1) is 27.5. The van der Waals surface area contributed by atoms with E-state index in [4.69, 9.17) is 0 Å². The topological polar surface area (TPSA) is 136 Å². The van der Waals surface area contributed by atoms with Gasteiger partial charge in [0.15, 0.2) is 21.5 Å². The number of fused-ring (bicyclic) bond motifs is 1. The Morgan fingerprint density at radius 1 is 1.20 bits per heavy atom. The largest absolute Gasteiger partial charge is 0.357 e. The van der Waals surface area contributed by atoms with Gasteiger partial charge < -0.3 is 20.1 Å². The van der Waals surface area contributed by atoms with Crippen molar-refractivity contribution < 1.29 is 17.6 Å². The molecule has 4 heterocycles. The number of aromatic amines is 1. The SMILES string of the molecule is Cc1cnc(Nc2cccc(S(C)(=O)=O)c2F)nc1-c1c[nH]c2c(NC(=O)N(C)C3CCN(C)CC3)nccc12. The highest BCUT2D eigenvalue weighted by molar-refractivity contribution is 7.90. The maximum Gasteiger partial charge on any atom is 0.323 e. The van der Waals surface area contributed by atoms with Crippen molar-refractivity contribution in [3.8, 4) is 11.3 Å². The molecule has 1 aliphatic heterocycles. The molecule has 0 bridgehead atoms. The smallest absolute Gasteiger partial charge is 0.323 e. The van der Waals surface area contributed by atoms with Crippen LogP contribution in [-0.2, 0) is 9.84 Å². The minimum absolute atomic E-state index is 0.0559. The Hall–Kier alpha value is -4.10. The van der Waals surface area contributed by atoms with E-state index in [9.17, 15) is 17.6 Å². The number of amides is 2. The highest BCUT2D eigenvalue weighted by Crippen LogP contribution is 2.33. The number of carbonyl (C=O) groups excluding carboxylic acids is 1. The number of benzene rings is 1. The summed E-state index contributed by atoms with van der Waals surface area (Å²) in [5.74, 6) is -0.403. The normalized spacial score (nSPS) is 14.8. The average molecular weight is 567 g/mol. The van der Waals surface area contributed by atoms with Crippen LogP contribution in [0.1, 0.15) is 18.4 Å². The van der Waals surface area contributed by atoms with Crippen molar-refractivity contribution in [1.82, 2.24) is 29.7 Å². The number of piperidine rings is 1. The van der Waals surface area contributed by atoms with Gasteiger partial charge in [-0.1, -0.05) is 6.07 Å². The molecule has 0 saturated carbocycles. The molecule has 210 valence electrons. The first-order chi connectivity index (χ1) is 19.0. The number of urea groups is 1. The number of likely N-dealkylation sites (tertiary alicyclic amines) is 1. The van der Waals surface area contributed by atoms with E-state index in [2.05, 4.69) is 42.5 Å². The molecular formula is C27H31FN8O3S. The monoisotopic (exact) mass is 566 g/mol. The lowest BCUT2D eigenvalue weighted by Gasteiger charge is -2.34. The van der Waals surface area contributed by atoms with Crippen LogP contribution in [0.4, 0.5) is 26.6 Å². The van der Waals surface area contributed by atoms with E-state index in [1.54, 1.807) is 30.5 Å². The molecular weight excluding hydrogens is 535 g/mol. The molecule has 3 N–H and O–H groups in total. The highest BCUT2D eigenvalue weighted by atomic mass is 32.2. The number of pyridine rings is 1. The number of sulfone groups is 1. The summed E-state index contributed by atoms with van der Waals surface area (Å²) in [6.07, 6.45) is 7.76. The Labute approximate surface area is 231 Å². The van der Waals surface area contributed by atoms with Gasteiger partial charge in [-0.25, -0.2) is 32.6 Å². The molecule has 11 nitrogen and oxygen atoms in total. The highest BCUT2D eigenvalue weighted by Gasteiger charge is 2.25. The fourth-order valence-corrected chi connectivity index (χ4v) is 5.63. The zero-order valence-electron chi connectivity index (χ0n) is 22.7. The zero-order chi connectivity index (χ0) is 28.6. The van der Waals surface area contributed by atoms with Gasteiger partial charge in [-0.3, -0.25) is 5.32 Å². The van der Waals surface area contributed by atoms with Gasteiger partial charge in [0.2, 0.25) is 5.95 Å². The maximum absolute atomic E-state index is 14.9. The number of anilines is 3. The fourth-order valence-electron chi connectivity index (χ4n) is 4.87. The van der Waals surface area contributed by atoms with Crippen molar-refractivity contribution in [3.05, 3.63) is 54.2 Å². The second-order valence-corrected chi connectivity index (χ2v) is 12.1. The quantitative estimate of drug-likeness (QED) is 0.316. The summed E-state index contributed by atoms with van der Waals surface area (Å²) < 4.78 is 38.8. The molecule has 5 rings (SSSR count). The van der Waals surface area contributed by atoms with Crippen molar-refractivity contribution in [2.45, 2.75) is 30.7 Å². The lowest BCUT2D eigenvalue weighted by atomic mass is 10.0. The van der Waals surface area contributed by atoms with Gasteiger partial charge >= 0.3 is 6.03 Å². The van der Waals surface area contributed by atoms with E-state index in [-0.39, 0.29) is 23.7 Å². The van der Waals surface area contributed by atoms with Crippen LogP contribution in [0, 0.1) is 12.7 Å². The molecule has 40 heavy (non-hydrogen) atoms. The van der Waals surface area contributed by atoms with Gasteiger partial charge in [0, 0.05) is 48.9 Å². The number of aryl methyl sites for hydroxylation is 1. The fraction of sp³-hybridized carbons (Fsp3) is 0.333. The Morgan fingerprint density at radius 2 is 1.95 bits per heavy atom. The van der Waals surface area contributed by atoms with Crippen LogP contribution < -0.4 is 10.6 Å². The zero-order valence-corrected chi connectivity index (χ0v) is 23.5. The molecule has 3 aromatic heterocycles. The molecule has 1 aliphatic rings. The number of aromatic nitrogens is 4. The summed E-state index contributed by atoms with van der Waals surface area (Å²) in [6.45, 7) is 3.74. The number of nitrogens with zero attached hydrogens (tertiary/aromatic N) is 5. The number of carbonyl (C=O) groups is 1. The first-order valence-electron chi connectivity index (χ1n) is 12.8. The number of hydrogen-bond donors (Lipinski definition) is 3. The lowest BCUT2D eigenvalue weighted by molar-refractivity contribution is 0.156. The van der Waals surface area contributed by atoms with Crippen LogP contribution in [0.5, 0.6) is 0 Å². The predicted molar refractivity (Wildman–Crippen MR) is 152 cm³/mol. The molecule has 0 spiro atoms. The first-order valence-corrected chi connectivity index (χ1v) is 14.7. The molecule has 0 aliphatic carbocycles. The van der Waals surface area contributed by atoms with Gasteiger partial charge in [-0.15, -0.1) is 0 Å². The summed E-state index contributed by atoms with van der Waals surface area (Å²) >= 11 is 0. The standard InChI is InChI=1S/C27H31FN8O3S/c1-16-14-31-26(32-20-6-5-7-21(22(20)28)40(4,38)39)33-23(16)19-15-30-24-18(19)8-11-29-25(24)34-27(37)36(3)17-9-12-35(2)13-10-17/h5-8,11,14-15,17,30H,9-10,12-13H2,1-4H3,(H,29,34,37)(H,31,32,33). The second-order valence-electron chi connectivity index (χ2n) is 10.1. The van der Waals surface area contributed by atoms with E-state index < -0.39 is 20.5 Å². The molecule has 0 atom stereocenters. The number of rotatable bonds is 6. The van der Waals surface area contributed by atoms with Crippen LogP contribution in [0.25, 0.3) is 22.2 Å². The van der Waals surface area contributed by atoms with E-state index in [0.717, 1.165) is 48.7 Å². The van der Waals surface area contributed by atoms with E-state index in [0.29, 0.717) is 17.0 Å². The third-order valence-corrected chi connectivity index (χ3v) is 8.33. The van der Waals surface area contributed by atoms with Crippen molar-refractivity contribution in [3.63, 3.8) is 0 Å². The van der Waals surface area contributed by atoms with Gasteiger partial charge in [-0.05, 0) is 63.7 Å². The van der Waals surface area contributed by atoms with E-state index in [1.165, 1.54) is 18.2 Å². The number of H-pyrrole nitrogens is 1. The third kappa shape index (κ3) is 5.47. The summed E-state index contributed by atoms with van der Waals surface area (Å²) in [5.41, 5.74) is 2.67. The number of hydrogen-bond acceptors (Lipinski definition) is 8. The van der Waals surface area contributed by atoms with E-state index >= 15 is 0 Å². The second kappa shape index (κ2) is 10.8. The van der Waals surface area contributed by atoms with Crippen LogP contribution in [0.3, 0.4) is 0 Å². The van der Waals surface area contributed by atoms with Crippen molar-refractivity contribution >= 4 is 44.2 Å². The summed E-state index contributed by atoms with van der Waals surface area (Å²) in [7, 11) is 0.134. The number of halogens is 1. The number of nitrogens with one attached hydrogen (secondary N) is 3. The summed E-state index contributed by atoms with van der Waals surface area (Å²) in [5, 5.41) is 6.51. The molecule has 4 aromatic rings. The Morgan fingerprint density at radius 3 is 2.67 bits per heavy atom. The van der Waals surface area contributed by atoms with Gasteiger partial charge in [0.1, 0.15) is 4.90 Å². The average Bonchev–Trinajstić information content (AvgIpc) is 3.35. The summed E-state index contributed by atoms with van der Waals surface area (Å²) in [6, 6.07) is 5.83. The van der Waals surface area contributed by atoms with Crippen LogP contribution >= 0.6 is 0 Å². The molecule has 1 fully saturated rings.